The first kappa shape index (κ1) is 16.8. The molecular formula is C18H19N3O4. The van der Waals surface area contributed by atoms with Crippen LogP contribution in [0.25, 0.3) is 11.0 Å². The smallest absolute Gasteiger partial charge is 0.371 e. The van der Waals surface area contributed by atoms with E-state index in [9.17, 15) is 9.59 Å². The van der Waals surface area contributed by atoms with Crippen molar-refractivity contribution in [1.82, 2.24) is 9.78 Å². The maximum Gasteiger partial charge on any atom is 0.371 e. The lowest BCUT2D eigenvalue weighted by atomic mass is 10.2. The van der Waals surface area contributed by atoms with Crippen LogP contribution in [0.3, 0.4) is 0 Å². The summed E-state index contributed by atoms with van der Waals surface area (Å²) in [6.45, 7) is 5.82. The lowest BCUT2D eigenvalue weighted by Crippen LogP contribution is -2.19. The molecule has 0 spiro atoms. The zero-order valence-electron chi connectivity index (χ0n) is 14.2. The molecular weight excluding hydrogens is 322 g/mol. The van der Waals surface area contributed by atoms with Crippen molar-refractivity contribution in [3.8, 4) is 0 Å². The minimum atomic E-state index is -1.12. The van der Waals surface area contributed by atoms with E-state index in [1.807, 2.05) is 31.5 Å². The molecule has 3 aromatic rings. The average Bonchev–Trinajstić information content (AvgIpc) is 3.09. The number of aromatic carboxylic acids is 1. The molecule has 130 valence electrons. The van der Waals surface area contributed by atoms with E-state index in [1.165, 1.54) is 6.07 Å². The molecule has 0 fully saturated rings. The van der Waals surface area contributed by atoms with Gasteiger partial charge in [-0.25, -0.2) is 4.79 Å². The predicted molar refractivity (Wildman–Crippen MR) is 92.8 cm³/mol. The number of anilines is 1. The van der Waals surface area contributed by atoms with Crippen LogP contribution < -0.4 is 5.32 Å². The Kier molecular flexibility index (Phi) is 4.31. The summed E-state index contributed by atoms with van der Waals surface area (Å²) in [5, 5.41) is 16.8. The monoisotopic (exact) mass is 341 g/mol. The van der Waals surface area contributed by atoms with Gasteiger partial charge < -0.3 is 14.8 Å². The molecule has 0 unspecified atom stereocenters. The number of hydrogen-bond acceptors (Lipinski definition) is 4. The summed E-state index contributed by atoms with van der Waals surface area (Å²) in [5.41, 5.74) is 2.99. The Bertz CT molecular complexity index is 955. The molecule has 1 atom stereocenters. The molecule has 0 radical (unpaired) electrons. The average molecular weight is 341 g/mol. The minimum absolute atomic E-state index is 0.0648. The number of aryl methyl sites for hydroxylation is 2. The van der Waals surface area contributed by atoms with Crippen LogP contribution in [0.15, 0.2) is 34.7 Å². The van der Waals surface area contributed by atoms with Gasteiger partial charge in [0, 0.05) is 23.2 Å². The molecule has 0 aliphatic rings. The second kappa shape index (κ2) is 6.43. The Balaban J connectivity index is 1.71. The van der Waals surface area contributed by atoms with Gasteiger partial charge in [0.25, 0.3) is 0 Å². The molecule has 0 aliphatic carbocycles. The van der Waals surface area contributed by atoms with Crippen LogP contribution in [0.2, 0.25) is 0 Å². The van der Waals surface area contributed by atoms with E-state index >= 15 is 0 Å². The fraction of sp³-hybridized carbons (Fsp3) is 0.278. The summed E-state index contributed by atoms with van der Waals surface area (Å²) in [4.78, 5) is 23.2. The molecule has 0 aliphatic heterocycles. The van der Waals surface area contributed by atoms with E-state index in [0.29, 0.717) is 16.7 Å². The largest absolute Gasteiger partial charge is 0.475 e. The molecule has 3 rings (SSSR count). The fourth-order valence-electron chi connectivity index (χ4n) is 2.89. The van der Waals surface area contributed by atoms with Gasteiger partial charge in [-0.3, -0.25) is 9.48 Å². The van der Waals surface area contributed by atoms with Crippen LogP contribution in [0.4, 0.5) is 5.69 Å². The second-order valence-corrected chi connectivity index (χ2v) is 6.14. The normalized spacial score (nSPS) is 12.3. The number of nitrogens with zero attached hydrogens (tertiary/aromatic N) is 2. The lowest BCUT2D eigenvalue weighted by Gasteiger charge is -2.14. The van der Waals surface area contributed by atoms with Gasteiger partial charge >= 0.3 is 5.97 Å². The molecule has 7 heteroatoms. The van der Waals surface area contributed by atoms with Crippen molar-refractivity contribution >= 4 is 28.5 Å². The number of carboxylic acids is 1. The first-order chi connectivity index (χ1) is 11.8. The van der Waals surface area contributed by atoms with Crippen molar-refractivity contribution in [2.45, 2.75) is 33.2 Å². The van der Waals surface area contributed by atoms with Crippen molar-refractivity contribution in [1.29, 1.82) is 0 Å². The number of benzene rings is 1. The standard InChI is InChI=1S/C18H19N3O4/c1-10-6-11(2)21(20-10)12(3)7-17(22)19-14-4-5-15-13(8-14)9-16(25-15)18(23)24/h4-6,8-9,12H,7H2,1-3H3,(H,19,22)(H,23,24)/t12-/m1/s1. The first-order valence-corrected chi connectivity index (χ1v) is 7.93. The number of hydrogen-bond donors (Lipinski definition) is 2. The Hall–Kier alpha value is -3.09. The molecule has 2 aromatic heterocycles. The minimum Gasteiger partial charge on any atom is -0.475 e. The second-order valence-electron chi connectivity index (χ2n) is 6.14. The number of aromatic nitrogens is 2. The number of rotatable bonds is 5. The molecule has 0 saturated heterocycles. The van der Waals surface area contributed by atoms with Crippen LogP contribution >= 0.6 is 0 Å². The van der Waals surface area contributed by atoms with Gasteiger partial charge in [0.05, 0.1) is 11.7 Å². The van der Waals surface area contributed by atoms with Crippen molar-refractivity contribution in [2.75, 3.05) is 5.32 Å². The molecule has 0 bridgehead atoms. The number of furan rings is 1. The zero-order chi connectivity index (χ0) is 18.1. The maximum atomic E-state index is 12.3. The lowest BCUT2D eigenvalue weighted by molar-refractivity contribution is -0.116. The van der Waals surface area contributed by atoms with Crippen molar-refractivity contribution in [3.05, 3.63) is 47.5 Å². The number of amides is 1. The summed E-state index contributed by atoms with van der Waals surface area (Å²) in [6, 6.07) is 8.36. The van der Waals surface area contributed by atoms with Crippen LogP contribution in [0, 0.1) is 13.8 Å². The zero-order valence-corrected chi connectivity index (χ0v) is 14.2. The highest BCUT2D eigenvalue weighted by atomic mass is 16.4. The number of carbonyl (C=O) groups is 2. The SMILES string of the molecule is Cc1cc(C)n([C@H](C)CC(=O)Nc2ccc3oc(C(=O)O)cc3c2)n1. The molecule has 2 heterocycles. The van der Waals surface area contributed by atoms with Gasteiger partial charge in [-0.05, 0) is 51.1 Å². The summed E-state index contributed by atoms with van der Waals surface area (Å²) in [7, 11) is 0. The molecule has 2 N–H and O–H groups in total. The number of fused-ring (bicyclic) bond motifs is 1. The Labute approximate surface area is 144 Å². The van der Waals surface area contributed by atoms with Crippen molar-refractivity contribution in [2.24, 2.45) is 0 Å². The van der Waals surface area contributed by atoms with E-state index in [0.717, 1.165) is 11.4 Å². The maximum absolute atomic E-state index is 12.3. The molecule has 1 aromatic carbocycles. The third-order valence-electron chi connectivity index (χ3n) is 3.95. The number of carbonyl (C=O) groups excluding carboxylic acids is 1. The third kappa shape index (κ3) is 3.55. The molecule has 7 nitrogen and oxygen atoms in total. The topological polar surface area (TPSA) is 97.4 Å². The fourth-order valence-corrected chi connectivity index (χ4v) is 2.89. The van der Waals surface area contributed by atoms with Gasteiger partial charge in [-0.1, -0.05) is 0 Å². The molecule has 1 amide bonds. The number of carboxylic acid groups (broad SMARTS) is 1. The number of nitrogens with one attached hydrogen (secondary N) is 1. The summed E-state index contributed by atoms with van der Waals surface area (Å²) < 4.78 is 7.04. The third-order valence-corrected chi connectivity index (χ3v) is 3.95. The quantitative estimate of drug-likeness (QED) is 0.740. The van der Waals surface area contributed by atoms with Crippen LogP contribution in [0.1, 0.15) is 41.3 Å². The van der Waals surface area contributed by atoms with Crippen LogP contribution in [-0.4, -0.2) is 26.8 Å². The Morgan fingerprint density at radius 3 is 2.68 bits per heavy atom. The van der Waals surface area contributed by atoms with Crippen LogP contribution in [-0.2, 0) is 4.79 Å². The van der Waals surface area contributed by atoms with E-state index in [1.54, 1.807) is 18.2 Å². The van der Waals surface area contributed by atoms with Gasteiger partial charge in [0.15, 0.2) is 0 Å². The van der Waals surface area contributed by atoms with Crippen LogP contribution in [0.5, 0.6) is 0 Å². The Morgan fingerprint density at radius 1 is 1.28 bits per heavy atom. The van der Waals surface area contributed by atoms with Gasteiger partial charge in [0.2, 0.25) is 11.7 Å². The van der Waals surface area contributed by atoms with E-state index in [2.05, 4.69) is 10.4 Å². The summed E-state index contributed by atoms with van der Waals surface area (Å²) >= 11 is 0. The molecule has 0 saturated carbocycles. The molecule has 25 heavy (non-hydrogen) atoms. The van der Waals surface area contributed by atoms with Gasteiger partial charge in [0.1, 0.15) is 5.58 Å². The summed E-state index contributed by atoms with van der Waals surface area (Å²) in [5.74, 6) is -1.39. The van der Waals surface area contributed by atoms with E-state index < -0.39 is 5.97 Å². The highest BCUT2D eigenvalue weighted by molar-refractivity contribution is 5.96. The van der Waals surface area contributed by atoms with Gasteiger partial charge in [-0.15, -0.1) is 0 Å². The van der Waals surface area contributed by atoms with Crippen molar-refractivity contribution in [3.63, 3.8) is 0 Å². The highest BCUT2D eigenvalue weighted by Gasteiger charge is 2.15. The van der Waals surface area contributed by atoms with Crippen molar-refractivity contribution < 1.29 is 19.1 Å². The van der Waals surface area contributed by atoms with E-state index in [4.69, 9.17) is 9.52 Å². The predicted octanol–water partition coefficient (Wildman–Crippen LogP) is 3.53. The highest BCUT2D eigenvalue weighted by Crippen LogP contribution is 2.24. The summed E-state index contributed by atoms with van der Waals surface area (Å²) in [6.07, 6.45) is 0.283. The first-order valence-electron chi connectivity index (χ1n) is 7.93. The Morgan fingerprint density at radius 2 is 2.04 bits per heavy atom. The van der Waals surface area contributed by atoms with E-state index in [-0.39, 0.29) is 24.1 Å². The van der Waals surface area contributed by atoms with Gasteiger partial charge in [-0.2, -0.15) is 5.10 Å².